The van der Waals surface area contributed by atoms with Crippen LogP contribution in [0, 0.1) is 11.3 Å². The number of Topliss-reactive ketones (excluding diaryl/α,β-unsaturated/α-hetero) is 1. The second-order valence-corrected chi connectivity index (χ2v) is 9.28. The third-order valence-electron chi connectivity index (χ3n) is 5.95. The van der Waals surface area contributed by atoms with Crippen LogP contribution in [0.25, 0.3) is 0 Å². The fourth-order valence-electron chi connectivity index (χ4n) is 3.97. The molecule has 1 aromatic carbocycles. The first-order valence-electron chi connectivity index (χ1n) is 11.1. The molecule has 2 aliphatic rings. The minimum Gasteiger partial charge on any atom is -0.469 e. The van der Waals surface area contributed by atoms with Gasteiger partial charge in [0.25, 0.3) is 0 Å². The van der Waals surface area contributed by atoms with Crippen LogP contribution in [-0.2, 0) is 23.9 Å². The Labute approximate surface area is 211 Å². The van der Waals surface area contributed by atoms with E-state index in [4.69, 9.17) is 9.47 Å². The van der Waals surface area contributed by atoms with Crippen molar-refractivity contribution in [2.24, 2.45) is 0 Å². The Balaban J connectivity index is 1.71. The van der Waals surface area contributed by atoms with Gasteiger partial charge in [-0.15, -0.1) is 11.3 Å². The predicted molar refractivity (Wildman–Crippen MR) is 132 cm³/mol. The van der Waals surface area contributed by atoms with E-state index in [1.807, 2.05) is 0 Å². The molecule has 0 amide bonds. The van der Waals surface area contributed by atoms with Crippen molar-refractivity contribution in [1.82, 2.24) is 0 Å². The molecule has 2 heterocycles. The number of thiophene rings is 1. The molecule has 1 aromatic heterocycles. The molecule has 36 heavy (non-hydrogen) atoms. The van der Waals surface area contributed by atoms with Gasteiger partial charge < -0.3 is 14.4 Å². The van der Waals surface area contributed by atoms with Crippen molar-refractivity contribution in [3.8, 4) is 6.07 Å². The average molecular weight is 503 g/mol. The molecule has 0 saturated carbocycles. The summed E-state index contributed by atoms with van der Waals surface area (Å²) in [5.74, 6) is -2.36. The maximum Gasteiger partial charge on any atom is 0.349 e. The number of anilines is 1. The van der Waals surface area contributed by atoms with E-state index in [1.165, 1.54) is 20.1 Å². The molecule has 182 valence electrons. The van der Waals surface area contributed by atoms with Crippen molar-refractivity contribution in [1.29, 1.82) is 5.26 Å². The molecule has 1 atom stereocenters. The Morgan fingerprint density at radius 3 is 2.67 bits per heavy atom. The van der Waals surface area contributed by atoms with E-state index in [0.29, 0.717) is 29.7 Å². The number of nitriles is 1. The molecule has 1 unspecified atom stereocenters. The Morgan fingerprint density at radius 1 is 1.17 bits per heavy atom. The lowest BCUT2D eigenvalue weighted by molar-refractivity contribution is -0.145. The highest BCUT2D eigenvalue weighted by molar-refractivity contribution is 7.12. The fraction of sp³-hybridized carbons (Fsp3) is 0.222. The van der Waals surface area contributed by atoms with Crippen LogP contribution in [-0.4, -0.2) is 36.2 Å². The number of carbonyl (C=O) groups is 4. The number of benzene rings is 1. The smallest absolute Gasteiger partial charge is 0.349 e. The number of methoxy groups -OCH3 is 1. The molecular weight excluding hydrogens is 480 g/mol. The number of ether oxygens (including phenoxy) is 2. The molecule has 0 saturated heterocycles. The summed E-state index contributed by atoms with van der Waals surface area (Å²) < 4.78 is 10.2. The van der Waals surface area contributed by atoms with Crippen LogP contribution in [0.5, 0.6) is 0 Å². The SMILES string of the molecule is COC(=O)CCCC1=CC2=CC(=O)C(C)(OC(=O)c3cccs3)C(=O)C2=CN1c1cccc(C#N)c1. The Hall–Kier alpha value is -4.29. The van der Waals surface area contributed by atoms with Crippen LogP contribution >= 0.6 is 11.3 Å². The molecule has 1 aliphatic heterocycles. The number of hydrogen-bond acceptors (Lipinski definition) is 9. The summed E-state index contributed by atoms with van der Waals surface area (Å²) in [7, 11) is 1.32. The first-order chi connectivity index (χ1) is 17.3. The molecule has 0 radical (unpaired) electrons. The maximum absolute atomic E-state index is 13.6. The molecular formula is C27H22N2O6S. The van der Waals surface area contributed by atoms with Gasteiger partial charge in [0.2, 0.25) is 17.2 Å². The Kier molecular flexibility index (Phi) is 6.99. The third-order valence-corrected chi connectivity index (χ3v) is 6.80. The first kappa shape index (κ1) is 24.8. The van der Waals surface area contributed by atoms with Crippen LogP contribution in [0.4, 0.5) is 5.69 Å². The molecule has 0 spiro atoms. The quantitative estimate of drug-likeness (QED) is 0.408. The van der Waals surface area contributed by atoms with E-state index in [1.54, 1.807) is 59.0 Å². The zero-order valence-electron chi connectivity index (χ0n) is 19.6. The van der Waals surface area contributed by atoms with Crippen LogP contribution in [0.1, 0.15) is 41.4 Å². The first-order valence-corrected chi connectivity index (χ1v) is 12.0. The van der Waals surface area contributed by atoms with Crippen LogP contribution < -0.4 is 4.90 Å². The van der Waals surface area contributed by atoms with Gasteiger partial charge in [-0.2, -0.15) is 5.26 Å². The van der Waals surface area contributed by atoms with E-state index < -0.39 is 23.1 Å². The third kappa shape index (κ3) is 4.76. The standard InChI is InChI=1S/C27H22N2O6S/c1-27(35-26(33)22-9-5-11-36-22)23(30)14-18-13-20(8-4-10-24(31)34-2)29(16-21(18)25(27)32)19-7-3-6-17(12-19)15-28/h3,5-7,9,11-14,16H,4,8,10H2,1-2H3. The molecule has 9 heteroatoms. The minimum absolute atomic E-state index is 0.199. The van der Waals surface area contributed by atoms with Crippen LogP contribution in [0.3, 0.4) is 0 Å². The summed E-state index contributed by atoms with van der Waals surface area (Å²) in [6.07, 6.45) is 5.72. The van der Waals surface area contributed by atoms with Gasteiger partial charge in [-0.05, 0) is 67.1 Å². The highest BCUT2D eigenvalue weighted by Gasteiger charge is 2.49. The van der Waals surface area contributed by atoms with Gasteiger partial charge in [0.15, 0.2) is 0 Å². The van der Waals surface area contributed by atoms with Crippen LogP contribution in [0.2, 0.25) is 0 Å². The van der Waals surface area contributed by atoms with E-state index >= 15 is 0 Å². The summed E-state index contributed by atoms with van der Waals surface area (Å²) in [4.78, 5) is 52.8. The van der Waals surface area contributed by atoms with Crippen LogP contribution in [0.15, 0.2) is 77.0 Å². The minimum atomic E-state index is -2.01. The molecule has 0 N–H and O–H groups in total. The van der Waals surface area contributed by atoms with Crippen molar-refractivity contribution in [3.63, 3.8) is 0 Å². The van der Waals surface area contributed by atoms with Crippen molar-refractivity contribution >= 4 is 40.5 Å². The van der Waals surface area contributed by atoms with Crippen molar-refractivity contribution in [2.75, 3.05) is 12.0 Å². The summed E-state index contributed by atoms with van der Waals surface area (Å²) in [5.41, 5.74) is 0.384. The van der Waals surface area contributed by atoms with Gasteiger partial charge in [-0.1, -0.05) is 12.1 Å². The monoisotopic (exact) mass is 502 g/mol. The topological polar surface area (TPSA) is 114 Å². The van der Waals surface area contributed by atoms with Gasteiger partial charge in [0.1, 0.15) is 4.88 Å². The molecule has 8 nitrogen and oxygen atoms in total. The Bertz CT molecular complexity index is 1380. The van der Waals surface area contributed by atoms with E-state index in [9.17, 15) is 24.4 Å². The highest BCUT2D eigenvalue weighted by Crippen LogP contribution is 2.38. The number of carbonyl (C=O) groups excluding carboxylic acids is 4. The summed E-state index contributed by atoms with van der Waals surface area (Å²) in [6.45, 7) is 1.30. The second kappa shape index (κ2) is 10.1. The zero-order chi connectivity index (χ0) is 25.9. The molecule has 0 fully saturated rings. The normalized spacial score (nSPS) is 18.9. The van der Waals surface area contributed by atoms with Crippen molar-refractivity contribution < 1.29 is 28.7 Å². The number of nitrogens with zero attached hydrogens (tertiary/aromatic N) is 2. The lowest BCUT2D eigenvalue weighted by atomic mass is 9.79. The lowest BCUT2D eigenvalue weighted by Gasteiger charge is -2.35. The highest BCUT2D eigenvalue weighted by atomic mass is 32.1. The number of ketones is 2. The Morgan fingerprint density at radius 2 is 1.97 bits per heavy atom. The van der Waals surface area contributed by atoms with E-state index in [0.717, 1.165) is 17.0 Å². The average Bonchev–Trinajstić information content (AvgIpc) is 3.43. The van der Waals surface area contributed by atoms with Crippen molar-refractivity contribution in [3.05, 3.63) is 87.4 Å². The number of allylic oxidation sites excluding steroid dienone is 3. The van der Waals surface area contributed by atoms with Gasteiger partial charge >= 0.3 is 11.9 Å². The van der Waals surface area contributed by atoms with Gasteiger partial charge in [-0.3, -0.25) is 14.4 Å². The van der Waals surface area contributed by atoms with Gasteiger partial charge in [0.05, 0.1) is 18.7 Å². The molecule has 1 aliphatic carbocycles. The second-order valence-electron chi connectivity index (χ2n) is 8.33. The molecule has 0 bridgehead atoms. The summed E-state index contributed by atoms with van der Waals surface area (Å²) in [6, 6.07) is 12.2. The van der Waals surface area contributed by atoms with Gasteiger partial charge in [0, 0.05) is 29.6 Å². The summed E-state index contributed by atoms with van der Waals surface area (Å²) in [5, 5.41) is 11.0. The number of hydrogen-bond donors (Lipinski definition) is 0. The largest absolute Gasteiger partial charge is 0.469 e. The lowest BCUT2D eigenvalue weighted by Crippen LogP contribution is -2.51. The number of fused-ring (bicyclic) bond motifs is 1. The predicted octanol–water partition coefficient (Wildman–Crippen LogP) is 4.24. The number of rotatable bonds is 7. The maximum atomic E-state index is 13.6. The van der Waals surface area contributed by atoms with E-state index in [2.05, 4.69) is 6.07 Å². The molecule has 4 rings (SSSR count). The van der Waals surface area contributed by atoms with E-state index in [-0.39, 0.29) is 22.8 Å². The van der Waals surface area contributed by atoms with Gasteiger partial charge in [-0.25, -0.2) is 4.79 Å². The fourth-order valence-corrected chi connectivity index (χ4v) is 4.57. The number of esters is 2. The summed E-state index contributed by atoms with van der Waals surface area (Å²) >= 11 is 1.15. The van der Waals surface area contributed by atoms with Crippen molar-refractivity contribution in [2.45, 2.75) is 31.8 Å². The zero-order valence-corrected chi connectivity index (χ0v) is 20.5. The molecule has 2 aromatic rings.